The summed E-state index contributed by atoms with van der Waals surface area (Å²) in [5, 5.41) is 0. The Balaban J connectivity index is 2.22. The third-order valence-corrected chi connectivity index (χ3v) is 3.15. The standard InChI is InChI=1S/C16H16N2O3/c1-18(15(19)11-12-7-9-17-10-8-12)14-6-4-3-5-13(14)16(20)21-2/h3-10H,11H2,1-2H3. The first kappa shape index (κ1) is 14.7. The van der Waals surface area contributed by atoms with E-state index < -0.39 is 5.97 Å². The molecule has 108 valence electrons. The number of aromatic nitrogens is 1. The van der Waals surface area contributed by atoms with Gasteiger partial charge in [0.1, 0.15) is 0 Å². The molecule has 0 atom stereocenters. The van der Waals surface area contributed by atoms with Crippen molar-refractivity contribution in [3.8, 4) is 0 Å². The van der Waals surface area contributed by atoms with Crippen LogP contribution in [0.1, 0.15) is 15.9 Å². The largest absolute Gasteiger partial charge is 0.465 e. The molecule has 0 N–H and O–H groups in total. The van der Waals surface area contributed by atoms with Gasteiger partial charge in [-0.15, -0.1) is 0 Å². The highest BCUT2D eigenvalue weighted by Gasteiger charge is 2.18. The molecule has 0 saturated carbocycles. The Hall–Kier alpha value is -2.69. The number of hydrogen-bond donors (Lipinski definition) is 0. The van der Waals surface area contributed by atoms with Crippen LogP contribution < -0.4 is 4.90 Å². The molecule has 2 aromatic rings. The lowest BCUT2D eigenvalue weighted by atomic mass is 10.1. The average molecular weight is 284 g/mol. The maximum Gasteiger partial charge on any atom is 0.339 e. The van der Waals surface area contributed by atoms with E-state index in [0.29, 0.717) is 11.3 Å². The Bertz CT molecular complexity index is 641. The minimum Gasteiger partial charge on any atom is -0.465 e. The van der Waals surface area contributed by atoms with Crippen molar-refractivity contribution >= 4 is 17.6 Å². The number of anilines is 1. The minimum atomic E-state index is -0.464. The van der Waals surface area contributed by atoms with Crippen LogP contribution in [0.25, 0.3) is 0 Å². The van der Waals surface area contributed by atoms with Crippen molar-refractivity contribution in [3.05, 3.63) is 59.9 Å². The highest BCUT2D eigenvalue weighted by atomic mass is 16.5. The number of rotatable bonds is 4. The van der Waals surface area contributed by atoms with E-state index in [4.69, 9.17) is 4.74 Å². The van der Waals surface area contributed by atoms with Crippen LogP contribution in [0.3, 0.4) is 0 Å². The van der Waals surface area contributed by atoms with Gasteiger partial charge in [-0.1, -0.05) is 12.1 Å². The number of ether oxygens (including phenoxy) is 1. The first-order chi connectivity index (χ1) is 10.1. The summed E-state index contributed by atoms with van der Waals surface area (Å²) in [6, 6.07) is 10.4. The number of carbonyl (C=O) groups is 2. The van der Waals surface area contributed by atoms with Gasteiger partial charge in [0, 0.05) is 19.4 Å². The fourth-order valence-electron chi connectivity index (χ4n) is 1.98. The second kappa shape index (κ2) is 6.65. The summed E-state index contributed by atoms with van der Waals surface area (Å²) < 4.78 is 4.74. The summed E-state index contributed by atoms with van der Waals surface area (Å²) in [6.07, 6.45) is 3.53. The monoisotopic (exact) mass is 284 g/mol. The van der Waals surface area contributed by atoms with Gasteiger partial charge in [0.25, 0.3) is 0 Å². The van der Waals surface area contributed by atoms with E-state index in [1.807, 2.05) is 0 Å². The van der Waals surface area contributed by atoms with Crippen LogP contribution in [0.5, 0.6) is 0 Å². The first-order valence-electron chi connectivity index (χ1n) is 6.46. The summed E-state index contributed by atoms with van der Waals surface area (Å²) in [6.45, 7) is 0. The van der Waals surface area contributed by atoms with E-state index in [9.17, 15) is 9.59 Å². The summed E-state index contributed by atoms with van der Waals surface area (Å²) in [4.78, 5) is 29.5. The molecule has 1 aromatic carbocycles. The Morgan fingerprint density at radius 3 is 2.48 bits per heavy atom. The molecule has 0 saturated heterocycles. The maximum absolute atomic E-state index is 12.3. The van der Waals surface area contributed by atoms with Crippen LogP contribution in [0.4, 0.5) is 5.69 Å². The first-order valence-corrected chi connectivity index (χ1v) is 6.46. The van der Waals surface area contributed by atoms with Gasteiger partial charge in [-0.3, -0.25) is 9.78 Å². The fraction of sp³-hybridized carbons (Fsp3) is 0.188. The van der Waals surface area contributed by atoms with E-state index in [0.717, 1.165) is 5.56 Å². The van der Waals surface area contributed by atoms with Gasteiger partial charge in [-0.05, 0) is 29.8 Å². The summed E-state index contributed by atoms with van der Waals surface area (Å²) in [5.74, 6) is -0.577. The molecular weight excluding hydrogens is 268 g/mol. The molecule has 1 heterocycles. The normalized spacial score (nSPS) is 10.0. The van der Waals surface area contributed by atoms with E-state index in [1.165, 1.54) is 12.0 Å². The van der Waals surface area contributed by atoms with E-state index in [1.54, 1.807) is 55.8 Å². The summed E-state index contributed by atoms with van der Waals surface area (Å²) in [7, 11) is 2.96. The molecule has 0 aliphatic carbocycles. The zero-order valence-electron chi connectivity index (χ0n) is 11.9. The molecule has 0 aliphatic heterocycles. The Morgan fingerprint density at radius 2 is 1.81 bits per heavy atom. The topological polar surface area (TPSA) is 59.5 Å². The van der Waals surface area contributed by atoms with Gasteiger partial charge >= 0.3 is 5.97 Å². The van der Waals surface area contributed by atoms with Crippen molar-refractivity contribution in [1.29, 1.82) is 0 Å². The second-order valence-electron chi connectivity index (χ2n) is 4.49. The van der Waals surface area contributed by atoms with E-state index >= 15 is 0 Å². The molecule has 0 spiro atoms. The van der Waals surface area contributed by atoms with E-state index in [-0.39, 0.29) is 12.3 Å². The van der Waals surface area contributed by atoms with Crippen molar-refractivity contribution in [2.75, 3.05) is 19.1 Å². The van der Waals surface area contributed by atoms with Gasteiger partial charge in [0.15, 0.2) is 0 Å². The van der Waals surface area contributed by atoms with Crippen LogP contribution in [0.2, 0.25) is 0 Å². The Kier molecular flexibility index (Phi) is 4.66. The number of amides is 1. The highest BCUT2D eigenvalue weighted by molar-refractivity contribution is 6.02. The lowest BCUT2D eigenvalue weighted by Gasteiger charge is -2.19. The number of methoxy groups -OCH3 is 1. The molecule has 0 aliphatic rings. The summed E-state index contributed by atoms with van der Waals surface area (Å²) in [5.41, 5.74) is 1.77. The number of benzene rings is 1. The molecule has 5 nitrogen and oxygen atoms in total. The van der Waals surface area contributed by atoms with Crippen LogP contribution in [-0.4, -0.2) is 31.0 Å². The number of nitrogens with zero attached hydrogens (tertiary/aromatic N) is 2. The SMILES string of the molecule is COC(=O)c1ccccc1N(C)C(=O)Cc1ccncc1. The predicted octanol–water partition coefficient (Wildman–Crippen LogP) is 2.07. The van der Waals surface area contributed by atoms with Crippen molar-refractivity contribution in [2.24, 2.45) is 0 Å². The van der Waals surface area contributed by atoms with Gasteiger partial charge in [-0.25, -0.2) is 4.79 Å². The second-order valence-corrected chi connectivity index (χ2v) is 4.49. The number of carbonyl (C=O) groups excluding carboxylic acids is 2. The lowest BCUT2D eigenvalue weighted by Crippen LogP contribution is -2.29. The molecule has 1 amide bonds. The van der Waals surface area contributed by atoms with Gasteiger partial charge in [0.2, 0.25) is 5.91 Å². The van der Waals surface area contributed by atoms with E-state index in [2.05, 4.69) is 4.98 Å². The van der Waals surface area contributed by atoms with Crippen molar-refractivity contribution in [3.63, 3.8) is 0 Å². The van der Waals surface area contributed by atoms with Gasteiger partial charge < -0.3 is 9.64 Å². The number of pyridine rings is 1. The smallest absolute Gasteiger partial charge is 0.339 e. The zero-order valence-corrected chi connectivity index (χ0v) is 11.9. The van der Waals surface area contributed by atoms with Crippen molar-refractivity contribution < 1.29 is 14.3 Å². The maximum atomic E-state index is 12.3. The molecule has 21 heavy (non-hydrogen) atoms. The third kappa shape index (κ3) is 3.45. The van der Waals surface area contributed by atoms with Crippen LogP contribution >= 0.6 is 0 Å². The third-order valence-electron chi connectivity index (χ3n) is 3.15. The minimum absolute atomic E-state index is 0.113. The van der Waals surface area contributed by atoms with Crippen molar-refractivity contribution in [1.82, 2.24) is 4.98 Å². The Morgan fingerprint density at radius 1 is 1.14 bits per heavy atom. The zero-order chi connectivity index (χ0) is 15.2. The van der Waals surface area contributed by atoms with Crippen molar-refractivity contribution in [2.45, 2.75) is 6.42 Å². The highest BCUT2D eigenvalue weighted by Crippen LogP contribution is 2.20. The molecule has 0 bridgehead atoms. The molecule has 0 unspecified atom stereocenters. The predicted molar refractivity (Wildman–Crippen MR) is 79.1 cm³/mol. The number of likely N-dealkylation sites (N-methyl/N-ethyl adjacent to an activating group) is 1. The molecule has 0 radical (unpaired) electrons. The molecule has 1 aromatic heterocycles. The fourth-order valence-corrected chi connectivity index (χ4v) is 1.98. The molecule has 5 heteroatoms. The van der Waals surface area contributed by atoms with Crippen LogP contribution in [0, 0.1) is 0 Å². The average Bonchev–Trinajstić information content (AvgIpc) is 2.54. The van der Waals surface area contributed by atoms with Gasteiger partial charge in [0.05, 0.1) is 24.8 Å². The van der Waals surface area contributed by atoms with Crippen LogP contribution in [-0.2, 0) is 16.0 Å². The molecule has 2 rings (SSSR count). The number of hydrogen-bond acceptors (Lipinski definition) is 4. The lowest BCUT2D eigenvalue weighted by molar-refractivity contribution is -0.117. The molecular formula is C16H16N2O3. The number of esters is 1. The van der Waals surface area contributed by atoms with Crippen LogP contribution in [0.15, 0.2) is 48.8 Å². The molecule has 0 fully saturated rings. The van der Waals surface area contributed by atoms with Gasteiger partial charge in [-0.2, -0.15) is 0 Å². The summed E-state index contributed by atoms with van der Waals surface area (Å²) >= 11 is 0. The quantitative estimate of drug-likeness (QED) is 0.806. The number of para-hydroxylation sites is 1. The Labute approximate surface area is 123 Å².